The predicted molar refractivity (Wildman–Crippen MR) is 61.1 cm³/mol. The fourth-order valence-corrected chi connectivity index (χ4v) is 1.35. The van der Waals surface area contributed by atoms with Crippen molar-refractivity contribution in [2.75, 3.05) is 0 Å². The maximum absolute atomic E-state index is 10.6. The van der Waals surface area contributed by atoms with E-state index < -0.39 is 42.7 Å². The molecule has 13 heteroatoms. The minimum Gasteiger partial charge on any atom is -0.759 e. The molecule has 0 atom stereocenters. The van der Waals surface area contributed by atoms with E-state index in [1.807, 2.05) is 0 Å². The molecule has 0 bridgehead atoms. The normalized spacial score (nSPS) is 10.8. The molecule has 0 aliphatic rings. The number of carbonyl (C=O) groups is 1. The van der Waals surface area contributed by atoms with Gasteiger partial charge < -0.3 is 19.3 Å². The Bertz CT molecular complexity index is 670. The first-order valence-corrected chi connectivity index (χ1v) is 6.80. The van der Waals surface area contributed by atoms with Gasteiger partial charge in [-0.25, -0.2) is 4.79 Å². The third-order valence-corrected chi connectivity index (χ3v) is 2.35. The number of carboxylic acid groups (broad SMARTS) is 1. The van der Waals surface area contributed by atoms with E-state index in [0.29, 0.717) is 6.07 Å². The van der Waals surface area contributed by atoms with Gasteiger partial charge in [-0.15, -0.1) is 0 Å². The van der Waals surface area contributed by atoms with E-state index >= 15 is 0 Å². The molecule has 0 aliphatic carbocycles. The van der Waals surface area contributed by atoms with Crippen LogP contribution in [-0.4, -0.2) is 56.8 Å². The minimum absolute atomic E-state index is 0. The van der Waals surface area contributed by atoms with Gasteiger partial charge in [0, 0.05) is 10.4 Å². The van der Waals surface area contributed by atoms with Crippen LogP contribution >= 0.6 is 0 Å². The summed E-state index contributed by atoms with van der Waals surface area (Å²) >= 11 is 0. The number of benzene rings is 1. The quantitative estimate of drug-likeness (QED) is 0.331. The molecule has 0 aliphatic heterocycles. The molecule has 20 heavy (non-hydrogen) atoms. The summed E-state index contributed by atoms with van der Waals surface area (Å²) in [6.07, 6.45) is 0. The van der Waals surface area contributed by atoms with E-state index in [4.69, 9.17) is 32.3 Å². The molecule has 0 fully saturated rings. The Morgan fingerprint density at radius 2 is 1.50 bits per heavy atom. The average molecular weight is 323 g/mol. The zero-order valence-corrected chi connectivity index (χ0v) is 11.1. The van der Waals surface area contributed by atoms with Gasteiger partial charge in [0.2, 0.25) is 0 Å². The summed E-state index contributed by atoms with van der Waals surface area (Å²) in [5.41, 5.74) is -0.583. The van der Waals surface area contributed by atoms with Crippen LogP contribution in [0.4, 0.5) is 0 Å². The topological polar surface area (TPSA) is 192 Å². The summed E-state index contributed by atoms with van der Waals surface area (Å²) < 4.78 is 63.9. The van der Waals surface area contributed by atoms with Gasteiger partial charge in [0.25, 0.3) is 10.1 Å². The van der Waals surface area contributed by atoms with Gasteiger partial charge in [-0.1, -0.05) is 0 Å². The molecule has 0 heterocycles. The van der Waals surface area contributed by atoms with Gasteiger partial charge >= 0.3 is 16.1 Å². The van der Waals surface area contributed by atoms with E-state index in [1.54, 1.807) is 0 Å². The molecule has 1 aromatic rings. The van der Waals surface area contributed by atoms with Gasteiger partial charge in [0.05, 0.1) is 4.90 Å². The maximum atomic E-state index is 10.6. The fraction of sp³-hybridized carbons (Fsp3) is 0. The average Bonchev–Trinajstić information content (AvgIpc) is 2.13. The second-order valence-corrected chi connectivity index (χ2v) is 5.11. The smallest absolute Gasteiger partial charge is 0.759 e. The Balaban J connectivity index is 0. The first-order valence-electron chi connectivity index (χ1n) is 4.03. The Kier molecular flexibility index (Phi) is 7.56. The number of hydrogen-bond donors (Lipinski definition) is 3. The number of carboxylic acids is 1. The van der Waals surface area contributed by atoms with Crippen molar-refractivity contribution in [3.8, 4) is 5.75 Å². The van der Waals surface area contributed by atoms with Crippen LogP contribution in [0.25, 0.3) is 0 Å². The Morgan fingerprint density at radius 3 is 1.80 bits per heavy atom. The van der Waals surface area contributed by atoms with Crippen LogP contribution in [0, 0.1) is 0 Å². The second-order valence-electron chi connectivity index (χ2n) is 2.87. The van der Waals surface area contributed by atoms with Crippen molar-refractivity contribution in [3.63, 3.8) is 0 Å². The first-order chi connectivity index (χ1) is 8.32. The molecule has 0 amide bonds. The molecule has 0 radical (unpaired) electrons. The van der Waals surface area contributed by atoms with Gasteiger partial charge in [-0.3, -0.25) is 13.0 Å². The molecule has 3 N–H and O–H groups in total. The van der Waals surface area contributed by atoms with E-state index in [2.05, 4.69) is 0 Å². The zero-order valence-electron chi connectivity index (χ0n) is 9.46. The summed E-state index contributed by atoms with van der Waals surface area (Å²) in [5.74, 6) is -2.04. The van der Waals surface area contributed by atoms with Crippen LogP contribution in [0.5, 0.6) is 5.75 Å². The third kappa shape index (κ3) is 8.53. The Labute approximate surface area is 117 Å². The summed E-state index contributed by atoms with van der Waals surface area (Å²) in [6.45, 7) is 0. The molecule has 0 aromatic heterocycles. The van der Waals surface area contributed by atoms with Crippen molar-refractivity contribution < 1.29 is 45.5 Å². The monoisotopic (exact) mass is 323 g/mol. The van der Waals surface area contributed by atoms with Crippen LogP contribution in [0.3, 0.4) is 0 Å². The summed E-state index contributed by atoms with van der Waals surface area (Å²) in [7, 11) is -9.62. The minimum atomic E-state index is -5.17. The van der Waals surface area contributed by atoms with Gasteiger partial charge in [-0.2, -0.15) is 8.42 Å². The first kappa shape index (κ1) is 20.8. The molecule has 108 valence electrons. The molecule has 0 saturated heterocycles. The van der Waals surface area contributed by atoms with Gasteiger partial charge in [0.15, 0.2) is 0 Å². The Morgan fingerprint density at radius 1 is 1.10 bits per heavy atom. The van der Waals surface area contributed by atoms with Crippen molar-refractivity contribution in [2.45, 2.75) is 4.90 Å². The summed E-state index contributed by atoms with van der Waals surface area (Å²) in [4.78, 5) is 9.89. The van der Waals surface area contributed by atoms with Crippen molar-refractivity contribution in [1.82, 2.24) is 0 Å². The molecular weight excluding hydrogens is 317 g/mol. The summed E-state index contributed by atoms with van der Waals surface area (Å²) in [5, 5.41) is 17.5. The molecule has 1 aromatic carbocycles. The fourth-order valence-electron chi connectivity index (χ4n) is 0.847. The molecular formula is C7H6BeO10S2. The van der Waals surface area contributed by atoms with E-state index in [-0.39, 0.29) is 10.1 Å². The van der Waals surface area contributed by atoms with Crippen molar-refractivity contribution >= 4 is 36.6 Å². The van der Waals surface area contributed by atoms with E-state index in [1.165, 1.54) is 0 Å². The molecule has 0 spiro atoms. The van der Waals surface area contributed by atoms with Crippen LogP contribution in [0.1, 0.15) is 10.4 Å². The molecule has 10 nitrogen and oxygen atoms in total. The van der Waals surface area contributed by atoms with E-state index in [9.17, 15) is 13.2 Å². The Hall–Kier alpha value is -1.56. The SMILES string of the molecule is O=C(O)c1cc(S(=O)(=O)O)ccc1O.O=S(=O)([O-])[O-].[Be+2]. The van der Waals surface area contributed by atoms with Gasteiger partial charge in [-0.05, 0) is 18.2 Å². The summed E-state index contributed by atoms with van der Waals surface area (Å²) in [6, 6.07) is 2.46. The van der Waals surface area contributed by atoms with Crippen molar-refractivity contribution in [1.29, 1.82) is 0 Å². The number of rotatable bonds is 2. The van der Waals surface area contributed by atoms with Crippen LogP contribution < -0.4 is 0 Å². The second kappa shape index (κ2) is 7.28. The van der Waals surface area contributed by atoms with E-state index in [0.717, 1.165) is 12.1 Å². The van der Waals surface area contributed by atoms with Gasteiger partial charge in [0.1, 0.15) is 11.3 Å². The molecule has 0 saturated carbocycles. The predicted octanol–water partition coefficient (Wildman–Crippen LogP) is -1.38. The van der Waals surface area contributed by atoms with Crippen LogP contribution in [-0.2, 0) is 20.5 Å². The van der Waals surface area contributed by atoms with Crippen LogP contribution in [0.15, 0.2) is 23.1 Å². The maximum Gasteiger partial charge on any atom is 2.00 e. The van der Waals surface area contributed by atoms with Crippen molar-refractivity contribution in [3.05, 3.63) is 23.8 Å². The third-order valence-electron chi connectivity index (χ3n) is 1.50. The number of hydrogen-bond acceptors (Lipinski definition) is 8. The number of phenols is 1. The molecule has 1 rings (SSSR count). The zero-order chi connectivity index (χ0) is 15.4. The number of aromatic carboxylic acids is 1. The van der Waals surface area contributed by atoms with Crippen molar-refractivity contribution in [2.24, 2.45) is 0 Å². The standard InChI is InChI=1S/C7H6O6S.Be.H2O4S/c8-6-2-1-4(14(11,12)13)3-5(6)7(9)10;;1-5(2,3)4/h1-3,8H,(H,9,10)(H,11,12,13);;(H2,1,2,3,4)/q;+2;/p-2. The number of aromatic hydroxyl groups is 1. The largest absolute Gasteiger partial charge is 2.00 e. The molecule has 0 unspecified atom stereocenters. The van der Waals surface area contributed by atoms with Crippen LogP contribution in [0.2, 0.25) is 0 Å².